The highest BCUT2D eigenvalue weighted by molar-refractivity contribution is 7.18. The number of benzene rings is 5. The van der Waals surface area contributed by atoms with E-state index in [0.29, 0.717) is 0 Å². The predicted molar refractivity (Wildman–Crippen MR) is 143 cm³/mol. The number of hydrogen-bond donors (Lipinski definition) is 0. The van der Waals surface area contributed by atoms with Gasteiger partial charge in [0.2, 0.25) is 0 Å². The lowest BCUT2D eigenvalue weighted by molar-refractivity contribution is 1.69. The summed E-state index contributed by atoms with van der Waals surface area (Å²) in [7, 11) is 0. The van der Waals surface area contributed by atoms with Crippen molar-refractivity contribution in [2.75, 3.05) is 0 Å². The molecular weight excluding hydrogens is 424 g/mol. The molecule has 0 aliphatic rings. The molecule has 2 aromatic heterocycles. The van der Waals surface area contributed by atoms with Crippen molar-refractivity contribution in [2.24, 2.45) is 0 Å². The third kappa shape index (κ3) is 2.81. The smallest absolute Gasteiger partial charge is 0.0355 e. The quantitative estimate of drug-likeness (QED) is 0.234. The Hall–Kier alpha value is -3.46. The molecule has 150 valence electrons. The maximum atomic E-state index is 2.37. The fraction of sp³-hybridized carbons (Fsp3) is 0. The normalized spacial score (nSPS) is 11.8. The van der Waals surface area contributed by atoms with E-state index in [1.54, 1.807) is 0 Å². The van der Waals surface area contributed by atoms with Crippen LogP contribution in [0.15, 0.2) is 108 Å². The third-order valence-corrected chi connectivity index (χ3v) is 8.24. The molecule has 0 nitrogen and oxygen atoms in total. The summed E-state index contributed by atoms with van der Waals surface area (Å²) in [5, 5.41) is 12.5. The van der Waals surface area contributed by atoms with Crippen molar-refractivity contribution in [1.82, 2.24) is 0 Å². The standard InChI is InChI=1S/C30H18S2/c1-3-7-19(8-4-1)27-17-31-29-15-23-12-22-14-26-28(20-9-5-2-6-10-20)18-32-30(26)16-24(22)11-21(23)13-25(27)29/h1-18H. The van der Waals surface area contributed by atoms with Crippen molar-refractivity contribution in [3.63, 3.8) is 0 Å². The van der Waals surface area contributed by atoms with Crippen LogP contribution in [0.4, 0.5) is 0 Å². The molecule has 0 radical (unpaired) electrons. The van der Waals surface area contributed by atoms with Crippen molar-refractivity contribution < 1.29 is 0 Å². The van der Waals surface area contributed by atoms with Crippen LogP contribution >= 0.6 is 22.7 Å². The second-order valence-corrected chi connectivity index (χ2v) is 10.1. The minimum absolute atomic E-state index is 1.28. The average Bonchev–Trinajstić information content (AvgIpc) is 3.44. The second-order valence-electron chi connectivity index (χ2n) is 8.27. The Labute approximate surface area is 194 Å². The summed E-state index contributed by atoms with van der Waals surface area (Å²) in [6.45, 7) is 0. The zero-order chi connectivity index (χ0) is 21.1. The van der Waals surface area contributed by atoms with Gasteiger partial charge in [0, 0.05) is 31.3 Å². The van der Waals surface area contributed by atoms with Gasteiger partial charge < -0.3 is 0 Å². The maximum Gasteiger partial charge on any atom is 0.0355 e. The fourth-order valence-corrected chi connectivity index (χ4v) is 6.73. The van der Waals surface area contributed by atoms with Crippen LogP contribution in [0.5, 0.6) is 0 Å². The number of fused-ring (bicyclic) bond motifs is 4. The molecule has 0 aliphatic heterocycles. The van der Waals surface area contributed by atoms with Crippen molar-refractivity contribution in [3.05, 3.63) is 108 Å². The molecule has 2 heterocycles. The summed E-state index contributed by atoms with van der Waals surface area (Å²) in [5.41, 5.74) is 5.22. The fourth-order valence-electron chi connectivity index (χ4n) is 4.73. The van der Waals surface area contributed by atoms with E-state index in [9.17, 15) is 0 Å². The summed E-state index contributed by atoms with van der Waals surface area (Å²) < 4.78 is 2.69. The third-order valence-electron chi connectivity index (χ3n) is 6.35. The van der Waals surface area contributed by atoms with Crippen molar-refractivity contribution in [3.8, 4) is 22.3 Å². The van der Waals surface area contributed by atoms with Crippen LogP contribution in [-0.2, 0) is 0 Å². The first kappa shape index (κ1) is 18.1. The number of rotatable bonds is 2. The van der Waals surface area contributed by atoms with Gasteiger partial charge in [-0.25, -0.2) is 0 Å². The van der Waals surface area contributed by atoms with E-state index in [0.717, 1.165) is 0 Å². The summed E-state index contributed by atoms with van der Waals surface area (Å²) in [4.78, 5) is 0. The average molecular weight is 443 g/mol. The monoisotopic (exact) mass is 442 g/mol. The Morgan fingerprint density at radius 2 is 0.812 bits per heavy atom. The van der Waals surface area contributed by atoms with E-state index in [2.05, 4.69) is 108 Å². The molecule has 0 N–H and O–H groups in total. The minimum Gasteiger partial charge on any atom is -0.143 e. The van der Waals surface area contributed by atoms with Gasteiger partial charge in [-0.05, 0) is 79.8 Å². The predicted octanol–water partition coefficient (Wildman–Crippen LogP) is 9.76. The van der Waals surface area contributed by atoms with Gasteiger partial charge in [0.25, 0.3) is 0 Å². The molecule has 0 amide bonds. The van der Waals surface area contributed by atoms with Gasteiger partial charge in [0.05, 0.1) is 0 Å². The van der Waals surface area contributed by atoms with Crippen LogP contribution in [-0.4, -0.2) is 0 Å². The molecule has 5 aromatic carbocycles. The summed E-state index contributed by atoms with van der Waals surface area (Å²) in [5.74, 6) is 0. The topological polar surface area (TPSA) is 0 Å². The van der Waals surface area contributed by atoms with E-state index in [-0.39, 0.29) is 0 Å². The minimum atomic E-state index is 1.28. The molecule has 0 fully saturated rings. The van der Waals surface area contributed by atoms with Gasteiger partial charge in [-0.15, -0.1) is 22.7 Å². The first-order chi connectivity index (χ1) is 15.8. The molecular formula is C30H18S2. The van der Waals surface area contributed by atoms with Crippen LogP contribution < -0.4 is 0 Å². The molecule has 0 unspecified atom stereocenters. The zero-order valence-corrected chi connectivity index (χ0v) is 18.8. The number of thiophene rings is 2. The molecule has 0 atom stereocenters. The highest BCUT2D eigenvalue weighted by Crippen LogP contribution is 2.40. The van der Waals surface area contributed by atoms with Crippen LogP contribution in [0.3, 0.4) is 0 Å². The molecule has 0 saturated carbocycles. The second kappa shape index (κ2) is 7.03. The van der Waals surface area contributed by atoms with Crippen molar-refractivity contribution in [1.29, 1.82) is 0 Å². The summed E-state index contributed by atoms with van der Waals surface area (Å²) in [6, 6.07) is 35.6. The molecule has 0 aliphatic carbocycles. The SMILES string of the molecule is c1ccc(-c2csc3cc4cc5cc6c(-c7ccccc7)csc6cc5cc4cc23)cc1. The Balaban J connectivity index is 1.46. The molecule has 32 heavy (non-hydrogen) atoms. The van der Waals surface area contributed by atoms with Crippen LogP contribution in [0.25, 0.3) is 64.0 Å². The highest BCUT2D eigenvalue weighted by atomic mass is 32.1. The first-order valence-electron chi connectivity index (χ1n) is 10.7. The molecule has 7 rings (SSSR count). The highest BCUT2D eigenvalue weighted by Gasteiger charge is 2.11. The lowest BCUT2D eigenvalue weighted by Crippen LogP contribution is -1.80. The van der Waals surface area contributed by atoms with Crippen LogP contribution in [0.1, 0.15) is 0 Å². The lowest BCUT2D eigenvalue weighted by atomic mass is 9.97. The molecule has 7 aromatic rings. The van der Waals surface area contributed by atoms with E-state index >= 15 is 0 Å². The van der Waals surface area contributed by atoms with Crippen LogP contribution in [0, 0.1) is 0 Å². The van der Waals surface area contributed by atoms with E-state index in [1.165, 1.54) is 64.0 Å². The molecule has 2 heteroatoms. The largest absolute Gasteiger partial charge is 0.143 e. The van der Waals surface area contributed by atoms with Gasteiger partial charge in [-0.3, -0.25) is 0 Å². The summed E-state index contributed by atoms with van der Waals surface area (Å²) >= 11 is 3.67. The molecule has 0 spiro atoms. The van der Waals surface area contributed by atoms with E-state index < -0.39 is 0 Å². The van der Waals surface area contributed by atoms with Crippen LogP contribution in [0.2, 0.25) is 0 Å². The zero-order valence-electron chi connectivity index (χ0n) is 17.2. The molecule has 0 saturated heterocycles. The Kier molecular flexibility index (Phi) is 3.98. The van der Waals surface area contributed by atoms with Gasteiger partial charge >= 0.3 is 0 Å². The van der Waals surface area contributed by atoms with Gasteiger partial charge in [0.1, 0.15) is 0 Å². The van der Waals surface area contributed by atoms with Gasteiger partial charge in [-0.1, -0.05) is 60.7 Å². The Morgan fingerprint density at radius 3 is 1.25 bits per heavy atom. The van der Waals surface area contributed by atoms with E-state index in [1.807, 2.05) is 22.7 Å². The maximum absolute atomic E-state index is 2.37. The Morgan fingerprint density at radius 1 is 0.406 bits per heavy atom. The van der Waals surface area contributed by atoms with Crippen molar-refractivity contribution >= 4 is 64.4 Å². The van der Waals surface area contributed by atoms with Gasteiger partial charge in [0.15, 0.2) is 0 Å². The van der Waals surface area contributed by atoms with E-state index in [4.69, 9.17) is 0 Å². The Bertz CT molecular complexity index is 1620. The van der Waals surface area contributed by atoms with Gasteiger partial charge in [-0.2, -0.15) is 0 Å². The summed E-state index contributed by atoms with van der Waals surface area (Å²) in [6.07, 6.45) is 0. The first-order valence-corrected chi connectivity index (χ1v) is 12.5. The lowest BCUT2D eigenvalue weighted by Gasteiger charge is -2.06. The van der Waals surface area contributed by atoms with Crippen molar-refractivity contribution in [2.45, 2.75) is 0 Å². The number of hydrogen-bond acceptors (Lipinski definition) is 2. The molecule has 0 bridgehead atoms.